The maximum atomic E-state index is 14.2. The van der Waals surface area contributed by atoms with E-state index in [-0.39, 0.29) is 17.8 Å². The van der Waals surface area contributed by atoms with Crippen molar-refractivity contribution in [3.63, 3.8) is 0 Å². The Labute approximate surface area is 240 Å². The molecule has 0 unspecified atom stereocenters. The van der Waals surface area contributed by atoms with Gasteiger partial charge in [-0.05, 0) is 89.6 Å². The lowest BCUT2D eigenvalue weighted by Crippen LogP contribution is -2.52. The number of nitrogens with zero attached hydrogens (tertiary/aromatic N) is 3. The number of alkyl carbamates (subject to hydrolysis) is 1. The first-order valence-corrected chi connectivity index (χ1v) is 14.1. The number of carbonyl (C=O) groups is 1. The molecule has 9 heteroatoms. The van der Waals surface area contributed by atoms with E-state index in [9.17, 15) is 9.59 Å². The first kappa shape index (κ1) is 28.5. The van der Waals surface area contributed by atoms with Crippen molar-refractivity contribution in [1.82, 2.24) is 14.5 Å². The van der Waals surface area contributed by atoms with Crippen molar-refractivity contribution in [3.05, 3.63) is 68.6 Å². The van der Waals surface area contributed by atoms with E-state index in [4.69, 9.17) is 19.2 Å². The van der Waals surface area contributed by atoms with Crippen molar-refractivity contribution in [2.45, 2.75) is 85.0 Å². The molecular formula is C32H40N4O5. The van der Waals surface area contributed by atoms with Crippen LogP contribution in [0.4, 0.5) is 10.5 Å². The normalized spacial score (nSPS) is 18.2. The number of ether oxygens (including phenoxy) is 3. The third-order valence-corrected chi connectivity index (χ3v) is 7.79. The van der Waals surface area contributed by atoms with Gasteiger partial charge in [0.25, 0.3) is 0 Å². The number of aromatic nitrogens is 2. The van der Waals surface area contributed by atoms with Crippen LogP contribution in [0.2, 0.25) is 0 Å². The van der Waals surface area contributed by atoms with Gasteiger partial charge >= 0.3 is 11.8 Å². The van der Waals surface area contributed by atoms with Crippen LogP contribution in [0.15, 0.2) is 40.1 Å². The van der Waals surface area contributed by atoms with E-state index in [2.05, 4.69) is 24.4 Å². The lowest BCUT2D eigenvalue weighted by molar-refractivity contribution is 0.0453. The molecule has 0 saturated heterocycles. The number of rotatable bonds is 5. The Hall–Kier alpha value is -4.01. The monoisotopic (exact) mass is 560 g/mol. The SMILES string of the molecule is COc1cc2c(cc1OC)-c1cc(=Nc3c(C)cc(C)cc3C)n(C3CC(NC(=O)OC(C)(C)C)C3)c(=O)n1CC2. The summed E-state index contributed by atoms with van der Waals surface area (Å²) >= 11 is 0. The van der Waals surface area contributed by atoms with Crippen LogP contribution in [0.5, 0.6) is 11.5 Å². The van der Waals surface area contributed by atoms with E-state index in [1.54, 1.807) is 18.8 Å². The second-order valence-electron chi connectivity index (χ2n) is 12.1. The summed E-state index contributed by atoms with van der Waals surface area (Å²) in [6, 6.07) is 9.99. The topological polar surface area (TPSA) is 96.1 Å². The number of aryl methyl sites for hydroxylation is 4. The van der Waals surface area contributed by atoms with Crippen LogP contribution >= 0.6 is 0 Å². The van der Waals surface area contributed by atoms with Crippen molar-refractivity contribution in [2.24, 2.45) is 4.99 Å². The summed E-state index contributed by atoms with van der Waals surface area (Å²) in [6.45, 7) is 12.2. The van der Waals surface area contributed by atoms with Crippen LogP contribution in [-0.2, 0) is 17.7 Å². The predicted octanol–water partition coefficient (Wildman–Crippen LogP) is 5.28. The van der Waals surface area contributed by atoms with Crippen molar-refractivity contribution in [3.8, 4) is 22.8 Å². The summed E-state index contributed by atoms with van der Waals surface area (Å²) in [7, 11) is 3.24. The summed E-state index contributed by atoms with van der Waals surface area (Å²) in [5.74, 6) is 1.28. The van der Waals surface area contributed by atoms with E-state index < -0.39 is 11.7 Å². The highest BCUT2D eigenvalue weighted by molar-refractivity contribution is 5.70. The molecule has 2 heterocycles. The molecule has 5 rings (SSSR count). The molecular weight excluding hydrogens is 520 g/mol. The van der Waals surface area contributed by atoms with Gasteiger partial charge in [0.15, 0.2) is 11.5 Å². The minimum absolute atomic E-state index is 0.0732. The average molecular weight is 561 g/mol. The second kappa shape index (κ2) is 10.8. The predicted molar refractivity (Wildman–Crippen MR) is 158 cm³/mol. The Kier molecular flexibility index (Phi) is 7.48. The Bertz CT molecular complexity index is 1610. The fraction of sp³-hybridized carbons (Fsp3) is 0.469. The fourth-order valence-corrected chi connectivity index (χ4v) is 5.92. The van der Waals surface area contributed by atoms with E-state index in [1.807, 2.05) is 57.4 Å². The van der Waals surface area contributed by atoms with Gasteiger partial charge in [-0.3, -0.25) is 9.13 Å². The number of carbonyl (C=O) groups excluding carboxylic acids is 1. The highest BCUT2D eigenvalue weighted by Crippen LogP contribution is 2.38. The number of amides is 1. The van der Waals surface area contributed by atoms with Crippen LogP contribution in [0.1, 0.15) is 61.9 Å². The quantitative estimate of drug-likeness (QED) is 0.458. The average Bonchev–Trinajstić information content (AvgIpc) is 2.86. The maximum Gasteiger partial charge on any atom is 0.407 e. The smallest absolute Gasteiger partial charge is 0.407 e. The molecule has 1 amide bonds. The highest BCUT2D eigenvalue weighted by atomic mass is 16.6. The largest absolute Gasteiger partial charge is 0.493 e. The van der Waals surface area contributed by atoms with Crippen molar-refractivity contribution >= 4 is 11.8 Å². The van der Waals surface area contributed by atoms with Crippen molar-refractivity contribution in [2.75, 3.05) is 14.2 Å². The van der Waals surface area contributed by atoms with Crippen molar-refractivity contribution in [1.29, 1.82) is 0 Å². The van der Waals surface area contributed by atoms with Crippen LogP contribution < -0.4 is 26.0 Å². The first-order valence-electron chi connectivity index (χ1n) is 14.1. The zero-order valence-electron chi connectivity index (χ0n) is 25.3. The number of hydrogen-bond acceptors (Lipinski definition) is 6. The summed E-state index contributed by atoms with van der Waals surface area (Å²) < 4.78 is 20.2. The molecule has 1 aliphatic heterocycles. The Balaban J connectivity index is 1.62. The number of hydrogen-bond donors (Lipinski definition) is 1. The molecule has 0 bridgehead atoms. The molecule has 0 atom stereocenters. The summed E-state index contributed by atoms with van der Waals surface area (Å²) in [5, 5.41) is 2.94. The molecule has 2 aromatic carbocycles. The van der Waals surface area contributed by atoms with E-state index in [0.717, 1.165) is 33.6 Å². The molecule has 0 radical (unpaired) electrons. The molecule has 9 nitrogen and oxygen atoms in total. The van der Waals surface area contributed by atoms with Gasteiger partial charge in [0.05, 0.1) is 25.6 Å². The van der Waals surface area contributed by atoms with Gasteiger partial charge in [-0.2, -0.15) is 0 Å². The van der Waals surface area contributed by atoms with E-state index in [0.29, 0.717) is 42.8 Å². The molecule has 1 N–H and O–H groups in total. The molecule has 2 aliphatic rings. The molecule has 218 valence electrons. The zero-order valence-corrected chi connectivity index (χ0v) is 25.3. The Morgan fingerprint density at radius 3 is 2.22 bits per heavy atom. The van der Waals surface area contributed by atoms with Crippen LogP contribution in [0, 0.1) is 20.8 Å². The van der Waals surface area contributed by atoms with E-state index in [1.165, 1.54) is 5.56 Å². The van der Waals surface area contributed by atoms with Gasteiger partial charge in [0.2, 0.25) is 0 Å². The number of nitrogens with one attached hydrogen (secondary N) is 1. The van der Waals surface area contributed by atoms with Crippen LogP contribution in [0.25, 0.3) is 11.3 Å². The minimum atomic E-state index is -0.571. The third-order valence-electron chi connectivity index (χ3n) is 7.79. The molecule has 1 saturated carbocycles. The van der Waals surface area contributed by atoms with Crippen LogP contribution in [0.3, 0.4) is 0 Å². The lowest BCUT2D eigenvalue weighted by Gasteiger charge is -2.38. The molecule has 1 aromatic heterocycles. The Morgan fingerprint density at radius 2 is 1.61 bits per heavy atom. The van der Waals surface area contributed by atoms with Gasteiger partial charge in [-0.25, -0.2) is 14.6 Å². The summed E-state index contributed by atoms with van der Waals surface area (Å²) in [6.07, 6.45) is 1.50. The van der Waals surface area contributed by atoms with Gasteiger partial charge < -0.3 is 19.5 Å². The van der Waals surface area contributed by atoms with Crippen LogP contribution in [-0.4, -0.2) is 41.1 Å². The van der Waals surface area contributed by atoms with Crippen molar-refractivity contribution < 1.29 is 19.0 Å². The first-order chi connectivity index (χ1) is 19.4. The number of methoxy groups -OCH3 is 2. The Morgan fingerprint density at radius 1 is 0.976 bits per heavy atom. The third kappa shape index (κ3) is 5.62. The fourth-order valence-electron chi connectivity index (χ4n) is 5.92. The van der Waals surface area contributed by atoms with E-state index >= 15 is 0 Å². The standard InChI is InChI=1S/C32H40N4O5/c1-18-11-19(2)29(20(3)12-18)34-28-17-25-24-16-27(40-8)26(39-7)13-21(24)9-10-35(25)31(38)36(28)23-14-22(15-23)33-30(37)41-32(4,5)6/h11-13,16-17,22-23H,9-10,14-15H2,1-8H3,(H,33,37). The number of benzene rings is 2. The molecule has 0 spiro atoms. The second-order valence-corrected chi connectivity index (χ2v) is 12.1. The highest BCUT2D eigenvalue weighted by Gasteiger charge is 2.35. The zero-order chi connectivity index (χ0) is 29.6. The maximum absolute atomic E-state index is 14.2. The van der Waals surface area contributed by atoms with Gasteiger partial charge in [0, 0.05) is 30.3 Å². The summed E-state index contributed by atoms with van der Waals surface area (Å²) in [4.78, 5) is 31.6. The molecule has 3 aromatic rings. The summed E-state index contributed by atoms with van der Waals surface area (Å²) in [5.41, 5.74) is 6.89. The van der Waals surface area contributed by atoms with Gasteiger partial charge in [-0.15, -0.1) is 0 Å². The minimum Gasteiger partial charge on any atom is -0.493 e. The molecule has 41 heavy (non-hydrogen) atoms. The lowest BCUT2D eigenvalue weighted by atomic mass is 9.86. The number of fused-ring (bicyclic) bond motifs is 3. The molecule has 1 aliphatic carbocycles. The molecule has 1 fully saturated rings. The van der Waals surface area contributed by atoms with Gasteiger partial charge in [0.1, 0.15) is 11.1 Å². The van der Waals surface area contributed by atoms with Gasteiger partial charge in [-0.1, -0.05) is 17.7 Å².